The number of fused-ring (bicyclic) bond motifs is 1. The van der Waals surface area contributed by atoms with Gasteiger partial charge in [-0.25, -0.2) is 0 Å². The fourth-order valence-electron chi connectivity index (χ4n) is 2.99. The highest BCUT2D eigenvalue weighted by Gasteiger charge is 2.15. The van der Waals surface area contributed by atoms with E-state index in [0.717, 1.165) is 22.0 Å². The Bertz CT molecular complexity index is 980. The number of amides is 2. The number of carbonyl (C=O) groups is 2. The predicted molar refractivity (Wildman–Crippen MR) is 109 cm³/mol. The summed E-state index contributed by atoms with van der Waals surface area (Å²) in [5, 5.41) is 4.53. The van der Waals surface area contributed by atoms with Crippen molar-refractivity contribution >= 4 is 40.0 Å². The number of nitrogens with zero attached hydrogens (tertiary/aromatic N) is 1. The maximum atomic E-state index is 12.3. The third-order valence-corrected chi connectivity index (χ3v) is 4.97. The van der Waals surface area contributed by atoms with Gasteiger partial charge < -0.3 is 15.2 Å². The Labute approximate surface area is 163 Å². The van der Waals surface area contributed by atoms with Crippen molar-refractivity contribution in [3.63, 3.8) is 0 Å². The third kappa shape index (κ3) is 4.68. The molecule has 0 saturated heterocycles. The molecule has 0 aliphatic heterocycles. The molecule has 2 N–H and O–H groups in total. The number of hydrogen-bond donors (Lipinski definition) is 2. The van der Waals surface area contributed by atoms with E-state index in [2.05, 4.69) is 10.3 Å². The van der Waals surface area contributed by atoms with Gasteiger partial charge in [-0.3, -0.25) is 9.59 Å². The van der Waals surface area contributed by atoms with Crippen LogP contribution in [0.3, 0.4) is 0 Å². The lowest BCUT2D eigenvalue weighted by Gasteiger charge is -2.20. The number of aromatic nitrogens is 1. The van der Waals surface area contributed by atoms with E-state index in [1.807, 2.05) is 43.5 Å². The van der Waals surface area contributed by atoms with Crippen molar-refractivity contribution in [2.45, 2.75) is 20.3 Å². The molecule has 2 amide bonds. The van der Waals surface area contributed by atoms with Crippen LogP contribution in [-0.2, 0) is 16.0 Å². The molecule has 0 atom stereocenters. The molecule has 0 spiro atoms. The molecule has 0 saturated carbocycles. The minimum atomic E-state index is -0.246. The molecule has 140 valence electrons. The van der Waals surface area contributed by atoms with E-state index >= 15 is 0 Å². The van der Waals surface area contributed by atoms with Crippen molar-refractivity contribution in [1.82, 2.24) is 9.88 Å². The average molecular weight is 384 g/mol. The Morgan fingerprint density at radius 3 is 2.70 bits per heavy atom. The molecule has 0 bridgehead atoms. The van der Waals surface area contributed by atoms with Gasteiger partial charge in [0.15, 0.2) is 0 Å². The van der Waals surface area contributed by atoms with E-state index < -0.39 is 0 Å². The zero-order chi connectivity index (χ0) is 19.4. The summed E-state index contributed by atoms with van der Waals surface area (Å²) in [5.74, 6) is -0.379. The van der Waals surface area contributed by atoms with Crippen molar-refractivity contribution < 1.29 is 9.59 Å². The van der Waals surface area contributed by atoms with Crippen LogP contribution in [0.25, 0.3) is 10.9 Å². The second-order valence-corrected chi connectivity index (χ2v) is 6.97. The second-order valence-electron chi connectivity index (χ2n) is 6.56. The molecule has 1 heterocycles. The molecule has 1 aromatic heterocycles. The van der Waals surface area contributed by atoms with Crippen LogP contribution in [0.15, 0.2) is 48.7 Å². The minimum absolute atomic E-state index is 0.00316. The van der Waals surface area contributed by atoms with E-state index in [0.29, 0.717) is 23.7 Å². The Morgan fingerprint density at radius 2 is 1.96 bits per heavy atom. The lowest BCUT2D eigenvalue weighted by atomic mass is 10.1. The maximum absolute atomic E-state index is 12.3. The molecule has 3 rings (SSSR count). The zero-order valence-corrected chi connectivity index (χ0v) is 16.1. The van der Waals surface area contributed by atoms with Crippen LogP contribution in [0.2, 0.25) is 5.02 Å². The highest BCUT2D eigenvalue weighted by Crippen LogP contribution is 2.20. The topological polar surface area (TPSA) is 65.2 Å². The summed E-state index contributed by atoms with van der Waals surface area (Å²) < 4.78 is 0. The van der Waals surface area contributed by atoms with Crippen LogP contribution in [0.5, 0.6) is 0 Å². The number of benzene rings is 2. The second kappa shape index (κ2) is 8.27. The number of aromatic amines is 1. The Balaban J connectivity index is 1.62. The van der Waals surface area contributed by atoms with Crippen LogP contribution in [0.1, 0.15) is 18.1 Å². The van der Waals surface area contributed by atoms with Gasteiger partial charge >= 0.3 is 0 Å². The van der Waals surface area contributed by atoms with Crippen LogP contribution < -0.4 is 5.32 Å². The number of rotatable bonds is 6. The fraction of sp³-hybridized carbons (Fsp3) is 0.238. The highest BCUT2D eigenvalue weighted by molar-refractivity contribution is 6.31. The molecule has 0 aliphatic rings. The summed E-state index contributed by atoms with van der Waals surface area (Å²) in [6.45, 7) is 3.85. The van der Waals surface area contributed by atoms with E-state index in [9.17, 15) is 9.59 Å². The average Bonchev–Trinajstić information content (AvgIpc) is 3.05. The van der Waals surface area contributed by atoms with Gasteiger partial charge in [-0.15, -0.1) is 0 Å². The summed E-state index contributed by atoms with van der Waals surface area (Å²) in [4.78, 5) is 29.1. The zero-order valence-electron chi connectivity index (χ0n) is 15.4. The molecule has 27 heavy (non-hydrogen) atoms. The van der Waals surface area contributed by atoms with Crippen LogP contribution in [-0.4, -0.2) is 34.8 Å². The van der Waals surface area contributed by atoms with E-state index in [-0.39, 0.29) is 18.4 Å². The predicted octanol–water partition coefficient (Wildman–Crippen LogP) is 4.16. The molecule has 0 aliphatic carbocycles. The van der Waals surface area contributed by atoms with Crippen LogP contribution in [0.4, 0.5) is 5.69 Å². The smallest absolute Gasteiger partial charge is 0.243 e. The summed E-state index contributed by atoms with van der Waals surface area (Å²) >= 11 is 6.09. The number of H-pyrrole nitrogens is 1. The maximum Gasteiger partial charge on any atom is 0.243 e. The summed E-state index contributed by atoms with van der Waals surface area (Å²) in [6.07, 6.45) is 2.63. The molecule has 0 fully saturated rings. The summed E-state index contributed by atoms with van der Waals surface area (Å²) in [7, 11) is 0. The molecule has 0 radical (unpaired) electrons. The lowest BCUT2D eigenvalue weighted by Crippen LogP contribution is -2.38. The molecule has 3 aromatic rings. The number of aryl methyl sites for hydroxylation is 1. The van der Waals surface area contributed by atoms with E-state index in [1.54, 1.807) is 17.0 Å². The Kier molecular flexibility index (Phi) is 5.81. The first-order valence-electron chi connectivity index (χ1n) is 8.80. The van der Waals surface area contributed by atoms with Crippen LogP contribution in [0, 0.1) is 6.92 Å². The number of anilines is 1. The first-order valence-corrected chi connectivity index (χ1v) is 9.18. The molecule has 2 aromatic carbocycles. The first-order chi connectivity index (χ1) is 12.9. The van der Waals surface area contributed by atoms with E-state index in [1.165, 1.54) is 6.92 Å². The van der Waals surface area contributed by atoms with Crippen molar-refractivity contribution in [1.29, 1.82) is 0 Å². The first kappa shape index (κ1) is 19.0. The molecule has 0 unspecified atom stereocenters. The standard InChI is InChI=1S/C21H22ClN3O2/c1-14-7-8-17(11-19(14)22)24-21(27)13-25(15(2)26)10-9-16-12-23-20-6-4-3-5-18(16)20/h3-8,11-12,23H,9-10,13H2,1-2H3,(H,24,27). The van der Waals surface area contributed by atoms with Gasteiger partial charge in [0, 0.05) is 41.3 Å². The monoisotopic (exact) mass is 383 g/mol. The highest BCUT2D eigenvalue weighted by atomic mass is 35.5. The summed E-state index contributed by atoms with van der Waals surface area (Å²) in [5.41, 5.74) is 3.76. The third-order valence-electron chi connectivity index (χ3n) is 4.56. The number of halogens is 1. The Morgan fingerprint density at radius 1 is 1.19 bits per heavy atom. The number of nitrogens with one attached hydrogen (secondary N) is 2. The van der Waals surface area contributed by atoms with Crippen molar-refractivity contribution in [2.75, 3.05) is 18.4 Å². The van der Waals surface area contributed by atoms with Crippen LogP contribution >= 0.6 is 11.6 Å². The van der Waals surface area contributed by atoms with Gasteiger partial charge in [-0.1, -0.05) is 35.9 Å². The van der Waals surface area contributed by atoms with Gasteiger partial charge in [-0.2, -0.15) is 0 Å². The largest absolute Gasteiger partial charge is 0.361 e. The van der Waals surface area contributed by atoms with Crippen molar-refractivity contribution in [3.05, 3.63) is 64.8 Å². The Hall–Kier alpha value is -2.79. The molecular formula is C21H22ClN3O2. The quantitative estimate of drug-likeness (QED) is 0.671. The fourth-order valence-corrected chi connectivity index (χ4v) is 3.17. The SMILES string of the molecule is CC(=O)N(CCc1c[nH]c2ccccc12)CC(=O)Nc1ccc(C)c(Cl)c1. The number of carbonyl (C=O) groups excluding carboxylic acids is 2. The van der Waals surface area contributed by atoms with Crippen molar-refractivity contribution in [2.24, 2.45) is 0 Å². The summed E-state index contributed by atoms with van der Waals surface area (Å²) in [6, 6.07) is 13.4. The van der Waals surface area contributed by atoms with Gasteiger partial charge in [0.2, 0.25) is 11.8 Å². The number of hydrogen-bond acceptors (Lipinski definition) is 2. The molecule has 5 nitrogen and oxygen atoms in total. The van der Waals surface area contributed by atoms with Gasteiger partial charge in [0.25, 0.3) is 0 Å². The van der Waals surface area contributed by atoms with E-state index in [4.69, 9.17) is 11.6 Å². The minimum Gasteiger partial charge on any atom is -0.361 e. The normalized spacial score (nSPS) is 10.8. The van der Waals surface area contributed by atoms with Gasteiger partial charge in [0.1, 0.15) is 0 Å². The molecule has 6 heteroatoms. The molecular weight excluding hydrogens is 362 g/mol. The lowest BCUT2D eigenvalue weighted by molar-refractivity contribution is -0.132. The van der Waals surface area contributed by atoms with Gasteiger partial charge in [0.05, 0.1) is 6.54 Å². The van der Waals surface area contributed by atoms with Gasteiger partial charge in [-0.05, 0) is 42.7 Å². The van der Waals surface area contributed by atoms with Crippen molar-refractivity contribution in [3.8, 4) is 0 Å². The number of para-hydroxylation sites is 1.